The van der Waals surface area contributed by atoms with Crippen molar-refractivity contribution in [3.8, 4) is 11.5 Å². The molecule has 2 aromatic carbocycles. The summed E-state index contributed by atoms with van der Waals surface area (Å²) in [6.45, 7) is 3.35. The summed E-state index contributed by atoms with van der Waals surface area (Å²) >= 11 is 6.01. The lowest BCUT2D eigenvalue weighted by Crippen LogP contribution is -2.29. The summed E-state index contributed by atoms with van der Waals surface area (Å²) in [7, 11) is 0. The summed E-state index contributed by atoms with van der Waals surface area (Å²) < 4.78 is 13.7. The fraction of sp³-hybridized carbons (Fsp3) is 0.318. The van der Waals surface area contributed by atoms with Crippen LogP contribution in [-0.2, 0) is 13.1 Å². The molecule has 0 spiro atoms. The molecule has 3 aromatic rings. The zero-order valence-corrected chi connectivity index (χ0v) is 16.8. The largest absolute Gasteiger partial charge is 0.492 e. The molecule has 0 bridgehead atoms. The minimum absolute atomic E-state index is 0.265. The number of benzene rings is 2. The van der Waals surface area contributed by atoms with Gasteiger partial charge in [-0.05, 0) is 35.9 Å². The summed E-state index contributed by atoms with van der Waals surface area (Å²) in [4.78, 5) is 6.21. The number of β-amino-alcohol motifs (C(OH)–C–C–N with tert-alkyl or cyclic N) is 1. The van der Waals surface area contributed by atoms with Gasteiger partial charge in [0.15, 0.2) is 0 Å². The van der Waals surface area contributed by atoms with Crippen LogP contribution in [0.15, 0.2) is 67.3 Å². The third-order valence-electron chi connectivity index (χ3n) is 4.90. The van der Waals surface area contributed by atoms with E-state index in [0.29, 0.717) is 30.5 Å². The minimum atomic E-state index is -0.528. The van der Waals surface area contributed by atoms with Gasteiger partial charge in [0.25, 0.3) is 0 Å². The van der Waals surface area contributed by atoms with Gasteiger partial charge in [0.1, 0.15) is 30.3 Å². The van der Waals surface area contributed by atoms with Gasteiger partial charge in [-0.3, -0.25) is 4.90 Å². The molecule has 0 saturated carbocycles. The molecular weight excluding hydrogens is 390 g/mol. The predicted molar refractivity (Wildman–Crippen MR) is 111 cm³/mol. The van der Waals surface area contributed by atoms with Crippen LogP contribution in [0.2, 0.25) is 5.02 Å². The molecule has 0 amide bonds. The lowest BCUT2D eigenvalue weighted by atomic mass is 10.2. The van der Waals surface area contributed by atoms with Crippen LogP contribution in [0, 0.1) is 0 Å². The molecular formula is C22H24ClN3O3. The number of halogens is 1. The Morgan fingerprint density at radius 2 is 1.97 bits per heavy atom. The molecule has 0 radical (unpaired) electrons. The number of ether oxygens (including phenoxy) is 2. The normalized spacial score (nSPS) is 19.4. The van der Waals surface area contributed by atoms with Crippen molar-refractivity contribution in [2.24, 2.45) is 0 Å². The Balaban J connectivity index is 1.25. The topological polar surface area (TPSA) is 59.8 Å². The van der Waals surface area contributed by atoms with Crippen LogP contribution >= 0.6 is 11.6 Å². The number of likely N-dealkylation sites (tertiary alicyclic amines) is 1. The zero-order valence-electron chi connectivity index (χ0n) is 16.0. The molecule has 6 nitrogen and oxygen atoms in total. The lowest BCUT2D eigenvalue weighted by molar-refractivity contribution is 0.0737. The average Bonchev–Trinajstić information content (AvgIpc) is 3.33. The SMILES string of the molecule is O[C@H]1CN(Cc2ccc(OCCn3ccnc3)cc2)C[C@@H]1Oc1cccc(Cl)c1. The van der Waals surface area contributed by atoms with Crippen molar-refractivity contribution in [3.63, 3.8) is 0 Å². The first kappa shape index (κ1) is 19.8. The molecule has 1 aliphatic heterocycles. The summed E-state index contributed by atoms with van der Waals surface area (Å²) in [5.41, 5.74) is 1.17. The fourth-order valence-corrected chi connectivity index (χ4v) is 3.61. The quantitative estimate of drug-likeness (QED) is 0.614. The molecule has 152 valence electrons. The van der Waals surface area contributed by atoms with E-state index in [9.17, 15) is 5.11 Å². The molecule has 29 heavy (non-hydrogen) atoms. The highest BCUT2D eigenvalue weighted by Crippen LogP contribution is 2.23. The molecule has 2 heterocycles. The molecule has 1 aliphatic rings. The maximum Gasteiger partial charge on any atom is 0.138 e. The first-order chi connectivity index (χ1) is 14.2. The van der Waals surface area contributed by atoms with Crippen molar-refractivity contribution in [3.05, 3.63) is 77.8 Å². The van der Waals surface area contributed by atoms with Crippen LogP contribution in [0.25, 0.3) is 0 Å². The van der Waals surface area contributed by atoms with E-state index in [1.807, 2.05) is 35.0 Å². The van der Waals surface area contributed by atoms with Gasteiger partial charge in [-0.1, -0.05) is 29.8 Å². The van der Waals surface area contributed by atoms with E-state index in [2.05, 4.69) is 22.0 Å². The van der Waals surface area contributed by atoms with Gasteiger partial charge >= 0.3 is 0 Å². The highest BCUT2D eigenvalue weighted by Gasteiger charge is 2.32. The average molecular weight is 414 g/mol. The van der Waals surface area contributed by atoms with E-state index >= 15 is 0 Å². The second-order valence-electron chi connectivity index (χ2n) is 7.17. The molecule has 0 aliphatic carbocycles. The van der Waals surface area contributed by atoms with E-state index < -0.39 is 6.10 Å². The Kier molecular flexibility index (Phi) is 6.34. The molecule has 1 aromatic heterocycles. The maximum absolute atomic E-state index is 10.4. The minimum Gasteiger partial charge on any atom is -0.492 e. The number of aliphatic hydroxyl groups excluding tert-OH is 1. The van der Waals surface area contributed by atoms with Gasteiger partial charge < -0.3 is 19.1 Å². The standard InChI is InChI=1S/C22H24ClN3O3/c23-18-2-1-3-20(12-18)29-22-15-26(14-21(22)27)13-17-4-6-19(7-5-17)28-11-10-25-9-8-24-16-25/h1-9,12,16,21-22,27H,10-11,13-15H2/t21-,22-/m0/s1. The summed E-state index contributed by atoms with van der Waals surface area (Å²) in [6.07, 6.45) is 4.66. The highest BCUT2D eigenvalue weighted by atomic mass is 35.5. The van der Waals surface area contributed by atoms with Crippen LogP contribution in [0.4, 0.5) is 0 Å². The lowest BCUT2D eigenvalue weighted by Gasteiger charge is -2.17. The molecule has 7 heteroatoms. The van der Waals surface area contributed by atoms with E-state index in [-0.39, 0.29) is 6.10 Å². The van der Waals surface area contributed by atoms with Gasteiger partial charge in [-0.25, -0.2) is 4.98 Å². The van der Waals surface area contributed by atoms with Crippen LogP contribution in [-0.4, -0.2) is 51.5 Å². The van der Waals surface area contributed by atoms with Crippen LogP contribution < -0.4 is 9.47 Å². The Morgan fingerprint density at radius 3 is 2.72 bits per heavy atom. The highest BCUT2D eigenvalue weighted by molar-refractivity contribution is 6.30. The molecule has 4 rings (SSSR count). The predicted octanol–water partition coefficient (Wildman–Crippen LogP) is 3.24. The molecule has 1 N–H and O–H groups in total. The molecule has 1 fully saturated rings. The fourth-order valence-electron chi connectivity index (χ4n) is 3.43. The number of nitrogens with zero attached hydrogens (tertiary/aromatic N) is 3. The third kappa shape index (κ3) is 5.50. The Labute approximate surface area is 175 Å². The number of aromatic nitrogens is 2. The summed E-state index contributed by atoms with van der Waals surface area (Å²) in [5.74, 6) is 1.53. The third-order valence-corrected chi connectivity index (χ3v) is 5.14. The Bertz CT molecular complexity index is 902. The monoisotopic (exact) mass is 413 g/mol. The van der Waals surface area contributed by atoms with Crippen LogP contribution in [0.5, 0.6) is 11.5 Å². The van der Waals surface area contributed by atoms with Crippen molar-refractivity contribution in [2.75, 3.05) is 19.7 Å². The second-order valence-corrected chi connectivity index (χ2v) is 7.60. The molecule has 1 saturated heterocycles. The van der Waals surface area contributed by atoms with Crippen molar-refractivity contribution in [1.29, 1.82) is 0 Å². The van der Waals surface area contributed by atoms with Crippen molar-refractivity contribution < 1.29 is 14.6 Å². The van der Waals surface area contributed by atoms with Gasteiger partial charge in [-0.2, -0.15) is 0 Å². The Morgan fingerprint density at radius 1 is 1.10 bits per heavy atom. The molecule has 0 unspecified atom stereocenters. The van der Waals surface area contributed by atoms with Crippen molar-refractivity contribution >= 4 is 11.6 Å². The number of imidazole rings is 1. The number of rotatable bonds is 8. The zero-order chi connectivity index (χ0) is 20.1. The van der Waals surface area contributed by atoms with Gasteiger partial charge in [-0.15, -0.1) is 0 Å². The van der Waals surface area contributed by atoms with Crippen LogP contribution in [0.1, 0.15) is 5.56 Å². The van der Waals surface area contributed by atoms with Crippen LogP contribution in [0.3, 0.4) is 0 Å². The van der Waals surface area contributed by atoms with E-state index in [4.69, 9.17) is 21.1 Å². The second kappa shape index (κ2) is 9.31. The van der Waals surface area contributed by atoms with Crippen molar-refractivity contribution in [1.82, 2.24) is 14.5 Å². The number of hydrogen-bond donors (Lipinski definition) is 1. The van der Waals surface area contributed by atoms with Gasteiger partial charge in [0.2, 0.25) is 0 Å². The van der Waals surface area contributed by atoms with E-state index in [1.165, 1.54) is 5.56 Å². The maximum atomic E-state index is 10.4. The molecule has 2 atom stereocenters. The Hall–Kier alpha value is -2.54. The smallest absolute Gasteiger partial charge is 0.138 e. The van der Waals surface area contributed by atoms with E-state index in [1.54, 1.807) is 24.7 Å². The number of aliphatic hydroxyl groups is 1. The number of hydrogen-bond acceptors (Lipinski definition) is 5. The van der Waals surface area contributed by atoms with Gasteiger partial charge in [0.05, 0.1) is 12.9 Å². The first-order valence-corrected chi connectivity index (χ1v) is 10.0. The summed E-state index contributed by atoms with van der Waals surface area (Å²) in [5, 5.41) is 11.0. The van der Waals surface area contributed by atoms with Gasteiger partial charge in [0, 0.05) is 37.1 Å². The summed E-state index contributed by atoms with van der Waals surface area (Å²) in [6, 6.07) is 15.3. The van der Waals surface area contributed by atoms with E-state index in [0.717, 1.165) is 18.8 Å². The van der Waals surface area contributed by atoms with Crippen molar-refractivity contribution in [2.45, 2.75) is 25.3 Å². The first-order valence-electron chi connectivity index (χ1n) is 9.66.